The number of rotatable bonds is 6. The Bertz CT molecular complexity index is 1030. The van der Waals surface area contributed by atoms with Crippen LogP contribution < -0.4 is 10.1 Å². The molecule has 3 aromatic rings. The van der Waals surface area contributed by atoms with Gasteiger partial charge in [-0.25, -0.2) is 14.4 Å². The van der Waals surface area contributed by atoms with Gasteiger partial charge < -0.3 is 15.0 Å². The molecule has 32 heavy (non-hydrogen) atoms. The summed E-state index contributed by atoms with van der Waals surface area (Å²) >= 11 is 0. The van der Waals surface area contributed by atoms with E-state index < -0.39 is 0 Å². The minimum absolute atomic E-state index is 0.302. The van der Waals surface area contributed by atoms with Gasteiger partial charge in [0, 0.05) is 5.39 Å². The first kappa shape index (κ1) is 23.9. The lowest BCUT2D eigenvalue weighted by Crippen LogP contribution is -2.30. The topological polar surface area (TPSA) is 50.3 Å². The summed E-state index contributed by atoms with van der Waals surface area (Å²) in [5.74, 6) is 1.86. The molecule has 1 saturated heterocycles. The molecule has 0 radical (unpaired) electrons. The van der Waals surface area contributed by atoms with E-state index in [0.29, 0.717) is 11.5 Å². The summed E-state index contributed by atoms with van der Waals surface area (Å²) in [6.45, 7) is 8.22. The number of hydrogen-bond donors (Lipinski definition) is 1. The van der Waals surface area contributed by atoms with Gasteiger partial charge in [0.2, 0.25) is 0 Å². The zero-order valence-electron chi connectivity index (χ0n) is 19.9. The third kappa shape index (κ3) is 5.74. The number of benzene rings is 2. The summed E-state index contributed by atoms with van der Waals surface area (Å²) < 4.78 is 20.0. The zero-order chi connectivity index (χ0) is 23.1. The average molecular weight is 439 g/mol. The smallest absolute Gasteiger partial charge is 0.146 e. The maximum atomic E-state index is 14.3. The third-order valence-electron chi connectivity index (χ3n) is 6.08. The third-order valence-corrected chi connectivity index (χ3v) is 6.08. The Hall–Kier alpha value is -2.73. The Morgan fingerprint density at radius 1 is 1.12 bits per heavy atom. The Morgan fingerprint density at radius 3 is 2.56 bits per heavy atom. The van der Waals surface area contributed by atoms with Crippen molar-refractivity contribution < 1.29 is 9.13 Å². The minimum atomic E-state index is -0.302. The van der Waals surface area contributed by atoms with Gasteiger partial charge in [0.1, 0.15) is 23.7 Å². The first-order valence-electron chi connectivity index (χ1n) is 11.6. The number of nitrogens with zero attached hydrogens (tertiary/aromatic N) is 3. The van der Waals surface area contributed by atoms with E-state index in [4.69, 9.17) is 4.74 Å². The largest absolute Gasteiger partial charge is 0.496 e. The van der Waals surface area contributed by atoms with Crippen molar-refractivity contribution in [2.75, 3.05) is 32.6 Å². The lowest BCUT2D eigenvalue weighted by atomic mass is 9.90. The highest BCUT2D eigenvalue weighted by Gasteiger charge is 2.18. The van der Waals surface area contributed by atoms with Crippen molar-refractivity contribution in [3.8, 4) is 5.75 Å². The highest BCUT2D eigenvalue weighted by molar-refractivity contribution is 5.92. The van der Waals surface area contributed by atoms with Gasteiger partial charge in [0.15, 0.2) is 0 Å². The Kier molecular flexibility index (Phi) is 8.39. The van der Waals surface area contributed by atoms with Crippen LogP contribution in [0.15, 0.2) is 36.7 Å². The fourth-order valence-electron chi connectivity index (χ4n) is 4.17. The van der Waals surface area contributed by atoms with Crippen molar-refractivity contribution in [1.82, 2.24) is 14.9 Å². The maximum Gasteiger partial charge on any atom is 0.146 e. The van der Waals surface area contributed by atoms with Gasteiger partial charge in [0.05, 0.1) is 18.3 Å². The van der Waals surface area contributed by atoms with Gasteiger partial charge in [0.25, 0.3) is 0 Å². The Morgan fingerprint density at radius 2 is 1.88 bits per heavy atom. The molecule has 0 amide bonds. The summed E-state index contributed by atoms with van der Waals surface area (Å²) in [6.07, 6.45) is 6.15. The molecule has 1 N–H and O–H groups in total. The first-order chi connectivity index (χ1) is 15.5. The Balaban J connectivity index is 0.00000141. The standard InChI is InChI=1S/C24H29FN4O.C2H6/c1-16-4-7-21(20(25)12-16)28-24-19-14-23(30-3)18(13-22(19)26-15-27-24)6-5-17-8-10-29(2)11-9-17;1-2/h4,7,12-15,17H,5-6,8-11H2,1-3H3,(H,26,27,28);1-2H3. The van der Waals surface area contributed by atoms with Crippen molar-refractivity contribution >= 4 is 22.4 Å². The van der Waals surface area contributed by atoms with Crippen molar-refractivity contribution in [3.63, 3.8) is 0 Å². The summed E-state index contributed by atoms with van der Waals surface area (Å²) in [6, 6.07) is 9.16. The number of halogens is 1. The second-order valence-electron chi connectivity index (χ2n) is 8.30. The average Bonchev–Trinajstić information content (AvgIpc) is 2.81. The molecule has 5 nitrogen and oxygen atoms in total. The molecule has 0 saturated carbocycles. The molecular formula is C26H35FN4O. The van der Waals surface area contributed by atoms with E-state index in [1.165, 1.54) is 38.3 Å². The number of piperidine rings is 1. The molecule has 1 fully saturated rings. The number of hydrogen-bond acceptors (Lipinski definition) is 5. The highest BCUT2D eigenvalue weighted by Crippen LogP contribution is 2.32. The summed E-state index contributed by atoms with van der Waals surface area (Å²) in [7, 11) is 3.88. The zero-order valence-corrected chi connectivity index (χ0v) is 19.9. The summed E-state index contributed by atoms with van der Waals surface area (Å²) in [5.41, 5.74) is 3.27. The van der Waals surface area contributed by atoms with Gasteiger partial charge in [-0.1, -0.05) is 19.9 Å². The SMILES string of the molecule is CC.COc1cc2c(Nc3ccc(C)cc3F)ncnc2cc1CCC1CCN(C)CC1. The van der Waals surface area contributed by atoms with Gasteiger partial charge in [-0.05, 0) is 94.1 Å². The van der Waals surface area contributed by atoms with E-state index in [1.54, 1.807) is 13.2 Å². The van der Waals surface area contributed by atoms with Crippen molar-refractivity contribution in [2.24, 2.45) is 5.92 Å². The van der Waals surface area contributed by atoms with Crippen LogP contribution in [0.25, 0.3) is 10.9 Å². The van der Waals surface area contributed by atoms with E-state index in [1.807, 2.05) is 32.9 Å². The molecular weight excluding hydrogens is 403 g/mol. The second kappa shape index (κ2) is 11.2. The van der Waals surface area contributed by atoms with Crippen LogP contribution in [-0.2, 0) is 6.42 Å². The molecule has 2 aromatic carbocycles. The summed E-state index contributed by atoms with van der Waals surface area (Å²) in [4.78, 5) is 11.2. The molecule has 1 aliphatic heterocycles. The van der Waals surface area contributed by atoms with Gasteiger partial charge in [-0.2, -0.15) is 0 Å². The molecule has 172 valence electrons. The lowest BCUT2D eigenvalue weighted by molar-refractivity contribution is 0.212. The number of fused-ring (bicyclic) bond motifs is 1. The van der Waals surface area contributed by atoms with Crippen LogP contribution in [0.1, 0.15) is 44.2 Å². The monoisotopic (exact) mass is 438 g/mol. The molecule has 1 aromatic heterocycles. The van der Waals surface area contributed by atoms with Gasteiger partial charge >= 0.3 is 0 Å². The number of aromatic nitrogens is 2. The number of likely N-dealkylation sites (tertiary alicyclic amines) is 1. The molecule has 6 heteroatoms. The fourth-order valence-corrected chi connectivity index (χ4v) is 4.17. The molecule has 0 bridgehead atoms. The van der Waals surface area contributed by atoms with Crippen LogP contribution in [0.2, 0.25) is 0 Å². The molecule has 0 aliphatic carbocycles. The first-order valence-corrected chi connectivity index (χ1v) is 11.6. The van der Waals surface area contributed by atoms with E-state index >= 15 is 0 Å². The van der Waals surface area contributed by atoms with E-state index in [2.05, 4.69) is 33.3 Å². The predicted molar refractivity (Wildman–Crippen MR) is 130 cm³/mol. The molecule has 0 unspecified atom stereocenters. The van der Waals surface area contributed by atoms with Crippen molar-refractivity contribution in [2.45, 2.75) is 46.5 Å². The van der Waals surface area contributed by atoms with Crippen LogP contribution in [0.4, 0.5) is 15.9 Å². The van der Waals surface area contributed by atoms with Crippen LogP contribution in [-0.4, -0.2) is 42.1 Å². The van der Waals surface area contributed by atoms with E-state index in [9.17, 15) is 4.39 Å². The van der Waals surface area contributed by atoms with Crippen LogP contribution in [0, 0.1) is 18.7 Å². The number of anilines is 2. The van der Waals surface area contributed by atoms with Crippen molar-refractivity contribution in [1.29, 1.82) is 0 Å². The van der Waals surface area contributed by atoms with Crippen LogP contribution in [0.3, 0.4) is 0 Å². The molecule has 4 rings (SSSR count). The van der Waals surface area contributed by atoms with E-state index in [-0.39, 0.29) is 5.82 Å². The molecule has 2 heterocycles. The highest BCUT2D eigenvalue weighted by atomic mass is 19.1. The molecule has 0 spiro atoms. The van der Waals surface area contributed by atoms with Crippen molar-refractivity contribution in [3.05, 3.63) is 53.6 Å². The van der Waals surface area contributed by atoms with E-state index in [0.717, 1.165) is 46.5 Å². The second-order valence-corrected chi connectivity index (χ2v) is 8.30. The number of methoxy groups -OCH3 is 1. The fraction of sp³-hybridized carbons (Fsp3) is 0.462. The van der Waals surface area contributed by atoms with Gasteiger partial charge in [-0.15, -0.1) is 0 Å². The van der Waals surface area contributed by atoms with Crippen LogP contribution >= 0.6 is 0 Å². The maximum absolute atomic E-state index is 14.3. The predicted octanol–water partition coefficient (Wildman–Crippen LogP) is 6.13. The Labute approximate surface area is 191 Å². The quantitative estimate of drug-likeness (QED) is 0.502. The summed E-state index contributed by atoms with van der Waals surface area (Å²) in [5, 5.41) is 3.93. The van der Waals surface area contributed by atoms with Gasteiger partial charge in [-0.3, -0.25) is 0 Å². The van der Waals surface area contributed by atoms with Crippen LogP contribution in [0.5, 0.6) is 5.75 Å². The normalized spacial score (nSPS) is 14.7. The lowest BCUT2D eigenvalue weighted by Gasteiger charge is -2.29. The minimum Gasteiger partial charge on any atom is -0.496 e. The number of ether oxygens (including phenoxy) is 1. The molecule has 1 aliphatic rings. The number of aryl methyl sites for hydroxylation is 2. The molecule has 0 atom stereocenters. The number of nitrogens with one attached hydrogen (secondary N) is 1.